The van der Waals surface area contributed by atoms with E-state index in [2.05, 4.69) is 9.98 Å². The smallest absolute Gasteiger partial charge is 0.354 e. The van der Waals surface area contributed by atoms with Gasteiger partial charge in [-0.2, -0.15) is 0 Å². The molecule has 0 bridgehead atoms. The topological polar surface area (TPSA) is 62.5 Å². The van der Waals surface area contributed by atoms with Gasteiger partial charge >= 0.3 is 5.97 Å². The Bertz CT molecular complexity index is 640. The first kappa shape index (κ1) is 13.5. The third-order valence-electron chi connectivity index (χ3n) is 2.27. The van der Waals surface area contributed by atoms with E-state index in [1.807, 2.05) is 0 Å². The normalized spacial score (nSPS) is 10.8. The van der Waals surface area contributed by atoms with Crippen molar-refractivity contribution in [2.45, 2.75) is 0 Å². The fourth-order valence-corrected chi connectivity index (χ4v) is 1.64. The Morgan fingerprint density at radius 3 is 2.58 bits per heavy atom. The first-order valence-electron chi connectivity index (χ1n) is 5.25. The van der Waals surface area contributed by atoms with Crippen LogP contribution in [0.3, 0.4) is 0 Å². The van der Waals surface area contributed by atoms with Crippen molar-refractivity contribution in [2.75, 3.05) is 0 Å². The molecule has 0 spiro atoms. The maximum absolute atomic E-state index is 10.6. The van der Waals surface area contributed by atoms with Gasteiger partial charge in [0.1, 0.15) is 5.69 Å². The third-order valence-corrected chi connectivity index (χ3v) is 3.01. The molecule has 1 aromatic heterocycles. The van der Waals surface area contributed by atoms with Crippen LogP contribution in [0.2, 0.25) is 10.0 Å². The molecular weight excluding hydrogens is 287 g/mol. The summed E-state index contributed by atoms with van der Waals surface area (Å²) in [5.41, 5.74) is 1.32. The lowest BCUT2D eigenvalue weighted by molar-refractivity contribution is 0.0690. The minimum atomic E-state index is -1.07. The first-order chi connectivity index (χ1) is 9.06. The van der Waals surface area contributed by atoms with Gasteiger partial charge in [-0.3, -0.25) is 4.99 Å². The third kappa shape index (κ3) is 3.53. The number of aliphatic imine (C=N–C) groups is 1. The van der Waals surface area contributed by atoms with Crippen LogP contribution in [0.25, 0.3) is 0 Å². The highest BCUT2D eigenvalue weighted by Crippen LogP contribution is 2.22. The predicted molar refractivity (Wildman–Crippen MR) is 74.9 cm³/mol. The molecule has 0 amide bonds. The van der Waals surface area contributed by atoms with Gasteiger partial charge in [-0.25, -0.2) is 9.78 Å². The van der Waals surface area contributed by atoms with E-state index in [4.69, 9.17) is 28.3 Å². The summed E-state index contributed by atoms with van der Waals surface area (Å²) in [4.78, 5) is 18.6. The van der Waals surface area contributed by atoms with Gasteiger partial charge in [-0.1, -0.05) is 29.3 Å². The van der Waals surface area contributed by atoms with Crippen molar-refractivity contribution in [3.63, 3.8) is 0 Å². The van der Waals surface area contributed by atoms with Crippen LogP contribution in [0.5, 0.6) is 0 Å². The van der Waals surface area contributed by atoms with Gasteiger partial charge in [0.15, 0.2) is 0 Å². The molecule has 2 aromatic rings. The molecule has 1 N–H and O–H groups in total. The maximum Gasteiger partial charge on any atom is 0.354 e. The molecule has 96 valence electrons. The van der Waals surface area contributed by atoms with Gasteiger partial charge < -0.3 is 5.11 Å². The molecule has 1 aromatic carbocycles. The summed E-state index contributed by atoms with van der Waals surface area (Å²) < 4.78 is 0. The SMILES string of the molecule is O=C(O)c1ccc(N=Cc2ccc(Cl)c(Cl)c2)cn1. The van der Waals surface area contributed by atoms with Crippen molar-refractivity contribution in [3.05, 3.63) is 57.8 Å². The van der Waals surface area contributed by atoms with E-state index < -0.39 is 5.97 Å². The number of benzene rings is 1. The van der Waals surface area contributed by atoms with Crippen molar-refractivity contribution < 1.29 is 9.90 Å². The number of nitrogens with zero attached hydrogens (tertiary/aromatic N) is 2. The van der Waals surface area contributed by atoms with Crippen LogP contribution in [-0.4, -0.2) is 22.3 Å². The van der Waals surface area contributed by atoms with Crippen LogP contribution in [-0.2, 0) is 0 Å². The number of carbonyl (C=O) groups is 1. The fourth-order valence-electron chi connectivity index (χ4n) is 1.33. The Morgan fingerprint density at radius 1 is 1.21 bits per heavy atom. The summed E-state index contributed by atoms with van der Waals surface area (Å²) >= 11 is 11.7. The van der Waals surface area contributed by atoms with Gasteiger partial charge in [0, 0.05) is 6.21 Å². The molecule has 0 aliphatic heterocycles. The summed E-state index contributed by atoms with van der Waals surface area (Å²) in [6.07, 6.45) is 2.98. The summed E-state index contributed by atoms with van der Waals surface area (Å²) in [7, 11) is 0. The van der Waals surface area contributed by atoms with Crippen molar-refractivity contribution >= 4 is 41.1 Å². The molecule has 0 unspecified atom stereocenters. The van der Waals surface area contributed by atoms with Crippen LogP contribution in [0.15, 0.2) is 41.5 Å². The monoisotopic (exact) mass is 294 g/mol. The summed E-state index contributed by atoms with van der Waals surface area (Å²) in [6, 6.07) is 8.11. The predicted octanol–water partition coefficient (Wildman–Crippen LogP) is 3.84. The second kappa shape index (κ2) is 5.82. The number of pyridine rings is 1. The number of hydrogen-bond donors (Lipinski definition) is 1. The van der Waals surface area contributed by atoms with Gasteiger partial charge in [-0.15, -0.1) is 0 Å². The zero-order valence-corrected chi connectivity index (χ0v) is 11.1. The molecule has 0 atom stereocenters. The Kier molecular flexibility index (Phi) is 4.14. The molecule has 1 heterocycles. The number of aromatic carboxylic acids is 1. The minimum Gasteiger partial charge on any atom is -0.477 e. The van der Waals surface area contributed by atoms with E-state index in [0.29, 0.717) is 15.7 Å². The Hall–Kier alpha value is -1.91. The van der Waals surface area contributed by atoms with Crippen LogP contribution >= 0.6 is 23.2 Å². The van der Waals surface area contributed by atoms with E-state index in [1.54, 1.807) is 30.5 Å². The number of carboxylic acid groups (broad SMARTS) is 1. The highest BCUT2D eigenvalue weighted by atomic mass is 35.5. The van der Waals surface area contributed by atoms with Crippen LogP contribution in [0, 0.1) is 0 Å². The molecule has 0 saturated heterocycles. The Labute approximate surface area is 119 Å². The van der Waals surface area contributed by atoms with Crippen LogP contribution in [0.4, 0.5) is 5.69 Å². The lowest BCUT2D eigenvalue weighted by Crippen LogP contribution is -1.98. The lowest BCUT2D eigenvalue weighted by Gasteiger charge is -1.98. The molecule has 0 aliphatic carbocycles. The highest BCUT2D eigenvalue weighted by molar-refractivity contribution is 6.42. The average Bonchev–Trinajstić information content (AvgIpc) is 2.40. The van der Waals surface area contributed by atoms with Gasteiger partial charge in [-0.05, 0) is 29.8 Å². The molecule has 4 nitrogen and oxygen atoms in total. The van der Waals surface area contributed by atoms with E-state index in [1.165, 1.54) is 12.3 Å². The molecule has 6 heteroatoms. The first-order valence-corrected chi connectivity index (χ1v) is 6.00. The number of halogens is 2. The van der Waals surface area contributed by atoms with Crippen molar-refractivity contribution in [1.82, 2.24) is 4.98 Å². The summed E-state index contributed by atoms with van der Waals surface area (Å²) in [5, 5.41) is 9.64. The Balaban J connectivity index is 2.17. The minimum absolute atomic E-state index is 0.0199. The summed E-state index contributed by atoms with van der Waals surface area (Å²) in [5.74, 6) is -1.07. The van der Waals surface area contributed by atoms with Gasteiger partial charge in [0.2, 0.25) is 0 Å². The van der Waals surface area contributed by atoms with E-state index in [0.717, 1.165) is 5.56 Å². The van der Waals surface area contributed by atoms with Gasteiger partial charge in [0.25, 0.3) is 0 Å². The molecule has 0 fully saturated rings. The number of hydrogen-bond acceptors (Lipinski definition) is 3. The highest BCUT2D eigenvalue weighted by Gasteiger charge is 2.02. The zero-order valence-electron chi connectivity index (χ0n) is 9.55. The zero-order chi connectivity index (χ0) is 13.8. The van der Waals surface area contributed by atoms with Gasteiger partial charge in [0.05, 0.1) is 21.9 Å². The molecule has 0 aliphatic rings. The number of aromatic nitrogens is 1. The van der Waals surface area contributed by atoms with Crippen molar-refractivity contribution in [2.24, 2.45) is 4.99 Å². The molecule has 0 radical (unpaired) electrons. The second-order valence-electron chi connectivity index (χ2n) is 3.64. The number of carboxylic acids is 1. The Morgan fingerprint density at radius 2 is 2.00 bits per heavy atom. The quantitative estimate of drug-likeness (QED) is 0.875. The largest absolute Gasteiger partial charge is 0.477 e. The molecule has 19 heavy (non-hydrogen) atoms. The summed E-state index contributed by atoms with van der Waals surface area (Å²) in [6.45, 7) is 0. The molecular formula is C13H8Cl2N2O2. The maximum atomic E-state index is 10.6. The van der Waals surface area contributed by atoms with Crippen LogP contribution in [0.1, 0.15) is 16.1 Å². The standard InChI is InChI=1S/C13H8Cl2N2O2/c14-10-3-1-8(5-11(10)15)6-16-9-2-4-12(13(18)19)17-7-9/h1-7H,(H,18,19). The van der Waals surface area contributed by atoms with E-state index in [9.17, 15) is 4.79 Å². The fraction of sp³-hybridized carbons (Fsp3) is 0. The van der Waals surface area contributed by atoms with Crippen LogP contribution < -0.4 is 0 Å². The lowest BCUT2D eigenvalue weighted by atomic mass is 10.2. The van der Waals surface area contributed by atoms with Crippen molar-refractivity contribution in [3.8, 4) is 0 Å². The van der Waals surface area contributed by atoms with Crippen molar-refractivity contribution in [1.29, 1.82) is 0 Å². The molecule has 2 rings (SSSR count). The average molecular weight is 295 g/mol. The van der Waals surface area contributed by atoms with E-state index >= 15 is 0 Å². The second-order valence-corrected chi connectivity index (χ2v) is 4.45. The molecule has 0 saturated carbocycles. The van der Waals surface area contributed by atoms with E-state index in [-0.39, 0.29) is 5.69 Å². The number of rotatable bonds is 3.